The molecule has 0 fully saturated rings. The van der Waals surface area contributed by atoms with Gasteiger partial charge in [-0.25, -0.2) is 0 Å². The van der Waals surface area contributed by atoms with Crippen LogP contribution in [0.4, 0.5) is 5.69 Å². The van der Waals surface area contributed by atoms with Gasteiger partial charge in [-0.1, -0.05) is 56.3 Å². The van der Waals surface area contributed by atoms with E-state index in [4.69, 9.17) is 0 Å². The first kappa shape index (κ1) is 19.6. The van der Waals surface area contributed by atoms with Crippen molar-refractivity contribution in [1.82, 2.24) is 9.55 Å². The molecule has 0 bridgehead atoms. The van der Waals surface area contributed by atoms with Crippen molar-refractivity contribution in [2.24, 2.45) is 0 Å². The smallest absolute Gasteiger partial charge is 0.296 e. The lowest BCUT2D eigenvalue weighted by Gasteiger charge is -2.09. The number of amides is 1. The van der Waals surface area contributed by atoms with Crippen molar-refractivity contribution in [3.63, 3.8) is 0 Å². The number of hydrogen-bond acceptors (Lipinski definition) is 3. The lowest BCUT2D eigenvalue weighted by molar-refractivity contribution is -0.112. The third kappa shape index (κ3) is 4.01. The number of pyridine rings is 1. The summed E-state index contributed by atoms with van der Waals surface area (Å²) in [7, 11) is 0. The molecule has 150 valence electrons. The molecule has 1 amide bonds. The topological polar surface area (TPSA) is 64.0 Å². The van der Waals surface area contributed by atoms with E-state index in [9.17, 15) is 9.59 Å². The number of benzene rings is 2. The Balaban J connectivity index is 1.63. The van der Waals surface area contributed by atoms with Gasteiger partial charge >= 0.3 is 0 Å². The largest absolute Gasteiger partial charge is 0.342 e. The number of rotatable bonds is 6. The number of hydrogen-bond donors (Lipinski definition) is 1. The molecular formula is C25H23N3O2. The first-order chi connectivity index (χ1) is 14.5. The van der Waals surface area contributed by atoms with Crippen molar-refractivity contribution in [3.05, 3.63) is 95.9 Å². The van der Waals surface area contributed by atoms with E-state index in [0.29, 0.717) is 23.7 Å². The molecule has 5 heteroatoms. The molecule has 0 aliphatic carbocycles. The summed E-state index contributed by atoms with van der Waals surface area (Å²) in [5, 5.41) is 3.41. The minimum atomic E-state index is -0.662. The lowest BCUT2D eigenvalue weighted by atomic mass is 10.0. The van der Waals surface area contributed by atoms with Gasteiger partial charge in [-0.15, -0.1) is 0 Å². The van der Waals surface area contributed by atoms with E-state index in [-0.39, 0.29) is 0 Å². The first-order valence-corrected chi connectivity index (χ1v) is 9.95. The molecule has 5 nitrogen and oxygen atoms in total. The molecule has 0 spiro atoms. The van der Waals surface area contributed by atoms with Crippen LogP contribution in [0.1, 0.15) is 41.3 Å². The van der Waals surface area contributed by atoms with Gasteiger partial charge in [0, 0.05) is 41.7 Å². The van der Waals surface area contributed by atoms with Crippen molar-refractivity contribution in [2.75, 3.05) is 5.32 Å². The summed E-state index contributed by atoms with van der Waals surface area (Å²) >= 11 is 0. The predicted octanol–water partition coefficient (Wildman–Crippen LogP) is 5.03. The maximum Gasteiger partial charge on any atom is 0.296 e. The van der Waals surface area contributed by atoms with Crippen LogP contribution in [0.15, 0.2) is 79.3 Å². The zero-order chi connectivity index (χ0) is 21.1. The molecule has 4 rings (SSSR count). The Morgan fingerprint density at radius 2 is 1.67 bits per heavy atom. The van der Waals surface area contributed by atoms with Crippen LogP contribution in [0.3, 0.4) is 0 Å². The van der Waals surface area contributed by atoms with E-state index < -0.39 is 11.7 Å². The summed E-state index contributed by atoms with van der Waals surface area (Å²) in [6, 6.07) is 19.5. The fourth-order valence-corrected chi connectivity index (χ4v) is 3.51. The number of para-hydroxylation sites is 1. The molecule has 0 atom stereocenters. The van der Waals surface area contributed by atoms with E-state index >= 15 is 0 Å². The molecule has 0 aliphatic heterocycles. The number of ketones is 1. The average Bonchev–Trinajstić information content (AvgIpc) is 3.13. The summed E-state index contributed by atoms with van der Waals surface area (Å²) in [5.74, 6) is -0.739. The molecule has 0 radical (unpaired) electrons. The quantitative estimate of drug-likeness (QED) is 0.367. The molecule has 0 aliphatic rings. The molecule has 1 N–H and O–H groups in total. The highest BCUT2D eigenvalue weighted by molar-refractivity contribution is 6.48. The number of Topliss-reactive ketones (excluding diaryl/α,β-unsaturated/α-hetero) is 1. The molecule has 2 heterocycles. The van der Waals surface area contributed by atoms with Crippen LogP contribution in [0, 0.1) is 0 Å². The van der Waals surface area contributed by atoms with Crippen molar-refractivity contribution in [1.29, 1.82) is 0 Å². The van der Waals surface area contributed by atoms with Gasteiger partial charge in [0.1, 0.15) is 0 Å². The summed E-state index contributed by atoms with van der Waals surface area (Å²) in [6.45, 7) is 4.96. The van der Waals surface area contributed by atoms with Gasteiger partial charge in [0.2, 0.25) is 0 Å². The second kappa shape index (κ2) is 8.33. The highest BCUT2D eigenvalue weighted by Crippen LogP contribution is 2.24. The molecule has 0 saturated heterocycles. The summed E-state index contributed by atoms with van der Waals surface area (Å²) in [6.07, 6.45) is 4.91. The SMILES string of the molecule is CC(C)c1ccc(Cn2cc(C(=O)C(=O)Nc3ccncc3)c3ccccc32)cc1. The van der Waals surface area contributed by atoms with Crippen molar-refractivity contribution in [2.45, 2.75) is 26.3 Å². The molecule has 2 aromatic carbocycles. The van der Waals surface area contributed by atoms with Crippen LogP contribution in [-0.2, 0) is 11.3 Å². The van der Waals surface area contributed by atoms with E-state index in [1.54, 1.807) is 30.7 Å². The molecule has 4 aromatic rings. The highest BCUT2D eigenvalue weighted by Gasteiger charge is 2.21. The Hall–Kier alpha value is -3.73. The highest BCUT2D eigenvalue weighted by atomic mass is 16.2. The Bertz CT molecular complexity index is 1190. The number of nitrogens with zero attached hydrogens (tertiary/aromatic N) is 2. The van der Waals surface area contributed by atoms with Gasteiger partial charge in [0.15, 0.2) is 0 Å². The van der Waals surface area contributed by atoms with Crippen molar-refractivity contribution >= 4 is 28.3 Å². The Morgan fingerprint density at radius 3 is 2.37 bits per heavy atom. The number of aromatic nitrogens is 2. The van der Waals surface area contributed by atoms with Gasteiger partial charge in [-0.2, -0.15) is 0 Å². The van der Waals surface area contributed by atoms with Crippen LogP contribution in [-0.4, -0.2) is 21.2 Å². The maximum atomic E-state index is 12.9. The summed E-state index contributed by atoms with van der Waals surface area (Å²) < 4.78 is 2.02. The molecule has 30 heavy (non-hydrogen) atoms. The van der Waals surface area contributed by atoms with Crippen LogP contribution < -0.4 is 5.32 Å². The van der Waals surface area contributed by atoms with Crippen LogP contribution >= 0.6 is 0 Å². The van der Waals surface area contributed by atoms with Gasteiger partial charge in [0.25, 0.3) is 11.7 Å². The second-order valence-corrected chi connectivity index (χ2v) is 7.60. The van der Waals surface area contributed by atoms with Gasteiger partial charge in [-0.3, -0.25) is 14.6 Å². The normalized spacial score (nSPS) is 11.0. The molecule has 2 aromatic heterocycles. The first-order valence-electron chi connectivity index (χ1n) is 9.95. The van der Waals surface area contributed by atoms with E-state index in [2.05, 4.69) is 48.4 Å². The number of carbonyl (C=O) groups excluding carboxylic acids is 2. The Morgan fingerprint density at radius 1 is 0.967 bits per heavy atom. The standard InChI is InChI=1S/C25H23N3O2/c1-17(2)19-9-7-18(8-10-19)15-28-16-22(21-5-3-4-6-23(21)28)24(29)25(30)27-20-11-13-26-14-12-20/h3-14,16-17H,15H2,1-2H3,(H,26,27,30). The number of anilines is 1. The summed E-state index contributed by atoms with van der Waals surface area (Å²) in [5.41, 5.74) is 4.29. The Labute approximate surface area is 175 Å². The average molecular weight is 397 g/mol. The van der Waals surface area contributed by atoms with Crippen LogP contribution in [0.2, 0.25) is 0 Å². The monoisotopic (exact) mass is 397 g/mol. The van der Waals surface area contributed by atoms with Crippen molar-refractivity contribution < 1.29 is 9.59 Å². The third-order valence-electron chi connectivity index (χ3n) is 5.18. The second-order valence-electron chi connectivity index (χ2n) is 7.60. The van der Waals surface area contributed by atoms with E-state index in [0.717, 1.165) is 16.5 Å². The minimum absolute atomic E-state index is 0.399. The molecule has 0 saturated carbocycles. The van der Waals surface area contributed by atoms with Crippen LogP contribution in [0.25, 0.3) is 10.9 Å². The molecule has 0 unspecified atom stereocenters. The number of nitrogens with one attached hydrogen (secondary N) is 1. The van der Waals surface area contributed by atoms with Gasteiger partial charge in [0.05, 0.1) is 5.56 Å². The number of carbonyl (C=O) groups is 2. The van der Waals surface area contributed by atoms with E-state index in [1.807, 2.05) is 28.8 Å². The van der Waals surface area contributed by atoms with Gasteiger partial charge < -0.3 is 9.88 Å². The van der Waals surface area contributed by atoms with E-state index in [1.165, 1.54) is 5.56 Å². The maximum absolute atomic E-state index is 12.9. The zero-order valence-electron chi connectivity index (χ0n) is 17.0. The fourth-order valence-electron chi connectivity index (χ4n) is 3.51. The van der Waals surface area contributed by atoms with Crippen molar-refractivity contribution in [3.8, 4) is 0 Å². The fraction of sp³-hybridized carbons (Fsp3) is 0.160. The summed E-state index contributed by atoms with van der Waals surface area (Å²) in [4.78, 5) is 29.4. The number of fused-ring (bicyclic) bond motifs is 1. The minimum Gasteiger partial charge on any atom is -0.342 e. The lowest BCUT2D eigenvalue weighted by Crippen LogP contribution is -2.22. The Kier molecular flexibility index (Phi) is 5.44. The zero-order valence-corrected chi connectivity index (χ0v) is 17.0. The van der Waals surface area contributed by atoms with Crippen LogP contribution in [0.5, 0.6) is 0 Å². The van der Waals surface area contributed by atoms with Gasteiger partial charge in [-0.05, 0) is 35.2 Å². The predicted molar refractivity (Wildman–Crippen MR) is 119 cm³/mol. The third-order valence-corrected chi connectivity index (χ3v) is 5.18. The molecular weight excluding hydrogens is 374 g/mol.